The standard InChI is InChI=1S/C7H12N4O2.2ClH/c1-13-6(12)5(8)2-4-3-10-7(9)11-4;;/h3,5H,2,8H2,1H3,(H3,9,10,11);2*1H/t5-;;/m1../s1. The highest BCUT2D eigenvalue weighted by Crippen LogP contribution is 2.01. The second kappa shape index (κ2) is 7.33. The van der Waals surface area contributed by atoms with Gasteiger partial charge >= 0.3 is 5.97 Å². The van der Waals surface area contributed by atoms with Crippen molar-refractivity contribution in [2.75, 3.05) is 12.8 Å². The van der Waals surface area contributed by atoms with E-state index in [1.807, 2.05) is 0 Å². The third kappa shape index (κ3) is 4.87. The summed E-state index contributed by atoms with van der Waals surface area (Å²) in [5.74, 6) is -0.139. The Labute approximate surface area is 99.6 Å². The van der Waals surface area contributed by atoms with Crippen LogP contribution in [0.1, 0.15) is 5.69 Å². The number of rotatable bonds is 3. The third-order valence-corrected chi connectivity index (χ3v) is 1.59. The predicted molar refractivity (Wildman–Crippen MR) is 61.2 cm³/mol. The molecule has 8 heteroatoms. The van der Waals surface area contributed by atoms with Crippen molar-refractivity contribution in [3.63, 3.8) is 0 Å². The SMILES string of the molecule is COC(=O)[C@H](N)Cc1cnc(N)[nH]1.Cl.Cl. The van der Waals surface area contributed by atoms with Gasteiger partial charge < -0.3 is 21.2 Å². The summed E-state index contributed by atoms with van der Waals surface area (Å²) in [6.45, 7) is 0. The largest absolute Gasteiger partial charge is 0.468 e. The van der Waals surface area contributed by atoms with Crippen LogP contribution in [0.15, 0.2) is 6.20 Å². The molecule has 0 aliphatic heterocycles. The smallest absolute Gasteiger partial charge is 0.323 e. The zero-order valence-corrected chi connectivity index (χ0v) is 9.73. The van der Waals surface area contributed by atoms with Gasteiger partial charge in [0.05, 0.1) is 13.3 Å². The number of ether oxygens (including phenoxy) is 1. The number of hydrogen-bond acceptors (Lipinski definition) is 5. The molecule has 0 spiro atoms. The van der Waals surface area contributed by atoms with Gasteiger partial charge in [-0.25, -0.2) is 4.98 Å². The number of esters is 1. The van der Waals surface area contributed by atoms with E-state index in [0.717, 1.165) is 5.69 Å². The van der Waals surface area contributed by atoms with E-state index in [2.05, 4.69) is 14.7 Å². The van der Waals surface area contributed by atoms with Crippen molar-refractivity contribution in [2.24, 2.45) is 5.73 Å². The number of nitrogen functional groups attached to an aromatic ring is 1. The van der Waals surface area contributed by atoms with Crippen LogP contribution < -0.4 is 11.5 Å². The average Bonchev–Trinajstić information content (AvgIpc) is 2.49. The van der Waals surface area contributed by atoms with Gasteiger partial charge in [0.2, 0.25) is 0 Å². The maximum atomic E-state index is 10.9. The summed E-state index contributed by atoms with van der Waals surface area (Å²) < 4.78 is 4.46. The molecule has 0 amide bonds. The summed E-state index contributed by atoms with van der Waals surface area (Å²) in [4.78, 5) is 17.4. The van der Waals surface area contributed by atoms with E-state index in [0.29, 0.717) is 12.4 Å². The lowest BCUT2D eigenvalue weighted by Gasteiger charge is -2.06. The number of carbonyl (C=O) groups excluding carboxylic acids is 1. The molecule has 88 valence electrons. The van der Waals surface area contributed by atoms with Crippen molar-refractivity contribution < 1.29 is 9.53 Å². The monoisotopic (exact) mass is 256 g/mol. The molecule has 0 saturated carbocycles. The van der Waals surface area contributed by atoms with Gasteiger partial charge in [-0.15, -0.1) is 24.8 Å². The highest BCUT2D eigenvalue weighted by atomic mass is 35.5. The molecule has 0 fully saturated rings. The van der Waals surface area contributed by atoms with Crippen LogP contribution >= 0.6 is 24.8 Å². The lowest BCUT2D eigenvalue weighted by Crippen LogP contribution is -2.33. The van der Waals surface area contributed by atoms with E-state index < -0.39 is 12.0 Å². The second-order valence-electron chi connectivity index (χ2n) is 2.63. The fourth-order valence-corrected chi connectivity index (χ4v) is 0.952. The molecule has 1 aromatic rings. The molecule has 1 aromatic heterocycles. The fraction of sp³-hybridized carbons (Fsp3) is 0.429. The third-order valence-electron chi connectivity index (χ3n) is 1.59. The Morgan fingerprint density at radius 2 is 2.27 bits per heavy atom. The first kappa shape index (κ1) is 16.4. The number of aromatic amines is 1. The van der Waals surface area contributed by atoms with E-state index in [9.17, 15) is 4.79 Å². The quantitative estimate of drug-likeness (QED) is 0.654. The minimum absolute atomic E-state index is 0. The van der Waals surface area contributed by atoms with E-state index in [4.69, 9.17) is 11.5 Å². The molecule has 5 N–H and O–H groups in total. The molecule has 0 aliphatic rings. The zero-order chi connectivity index (χ0) is 9.84. The summed E-state index contributed by atoms with van der Waals surface area (Å²) in [6, 6.07) is -0.676. The Hall–Kier alpha value is -0.980. The molecule has 1 heterocycles. The number of methoxy groups -OCH3 is 1. The van der Waals surface area contributed by atoms with Crippen LogP contribution in [0.5, 0.6) is 0 Å². The van der Waals surface area contributed by atoms with E-state index in [-0.39, 0.29) is 24.8 Å². The van der Waals surface area contributed by atoms with Crippen molar-refractivity contribution in [1.82, 2.24) is 9.97 Å². The first-order valence-corrected chi connectivity index (χ1v) is 3.76. The summed E-state index contributed by atoms with van der Waals surface area (Å²) in [5, 5.41) is 0. The highest BCUT2D eigenvalue weighted by Gasteiger charge is 2.14. The number of nitrogens with two attached hydrogens (primary N) is 2. The van der Waals surface area contributed by atoms with Gasteiger partial charge in [0.25, 0.3) is 0 Å². The van der Waals surface area contributed by atoms with Gasteiger partial charge in [0.15, 0.2) is 5.95 Å². The summed E-state index contributed by atoms with van der Waals surface area (Å²) in [7, 11) is 1.30. The molecule has 0 aromatic carbocycles. The number of carbonyl (C=O) groups is 1. The molecule has 15 heavy (non-hydrogen) atoms. The lowest BCUT2D eigenvalue weighted by molar-refractivity contribution is -0.142. The van der Waals surface area contributed by atoms with Gasteiger partial charge in [-0.1, -0.05) is 0 Å². The number of hydrogen-bond donors (Lipinski definition) is 3. The topological polar surface area (TPSA) is 107 Å². The molecular weight excluding hydrogens is 243 g/mol. The van der Waals surface area contributed by atoms with Crippen LogP contribution in [0.25, 0.3) is 0 Å². The van der Waals surface area contributed by atoms with Gasteiger partial charge in [-0.3, -0.25) is 4.79 Å². The van der Waals surface area contributed by atoms with Gasteiger partial charge in [0.1, 0.15) is 6.04 Å². The minimum atomic E-state index is -0.676. The predicted octanol–water partition coefficient (Wildman–Crippen LogP) is -0.122. The summed E-state index contributed by atoms with van der Waals surface area (Å²) in [6.07, 6.45) is 1.88. The molecule has 0 bridgehead atoms. The molecule has 0 aliphatic carbocycles. The van der Waals surface area contributed by atoms with Crippen LogP contribution in [0.2, 0.25) is 0 Å². The molecular formula is C7H14Cl2N4O2. The molecule has 1 rings (SSSR count). The maximum Gasteiger partial charge on any atom is 0.323 e. The van der Waals surface area contributed by atoms with Crippen molar-refractivity contribution in [2.45, 2.75) is 12.5 Å². The van der Waals surface area contributed by atoms with E-state index in [1.54, 1.807) is 0 Å². The normalized spacial score (nSPS) is 10.8. The number of H-pyrrole nitrogens is 1. The van der Waals surface area contributed by atoms with E-state index >= 15 is 0 Å². The first-order valence-electron chi connectivity index (χ1n) is 3.76. The summed E-state index contributed by atoms with van der Waals surface area (Å²) in [5.41, 5.74) is 11.6. The number of nitrogens with zero attached hydrogens (tertiary/aromatic N) is 1. The highest BCUT2D eigenvalue weighted by molar-refractivity contribution is 5.85. The van der Waals surface area contributed by atoms with Crippen LogP contribution in [0.4, 0.5) is 5.95 Å². The molecule has 0 radical (unpaired) electrons. The Kier molecular flexibility index (Phi) is 8.04. The minimum Gasteiger partial charge on any atom is -0.468 e. The van der Waals surface area contributed by atoms with Gasteiger partial charge in [-0.2, -0.15) is 0 Å². The number of aromatic nitrogens is 2. The number of imidazole rings is 1. The second-order valence-corrected chi connectivity index (χ2v) is 2.63. The Balaban J connectivity index is 0. The van der Waals surface area contributed by atoms with Crippen LogP contribution in [0, 0.1) is 0 Å². The lowest BCUT2D eigenvalue weighted by atomic mass is 10.2. The Bertz CT molecular complexity index is 305. The van der Waals surface area contributed by atoms with Gasteiger partial charge in [0, 0.05) is 12.1 Å². The van der Waals surface area contributed by atoms with Crippen molar-refractivity contribution in [1.29, 1.82) is 0 Å². The first-order chi connectivity index (χ1) is 6.13. The van der Waals surface area contributed by atoms with Crippen LogP contribution in [0.3, 0.4) is 0 Å². The molecule has 6 nitrogen and oxygen atoms in total. The average molecular weight is 257 g/mol. The fourth-order valence-electron chi connectivity index (χ4n) is 0.952. The van der Waals surface area contributed by atoms with E-state index in [1.165, 1.54) is 13.3 Å². The molecule has 0 saturated heterocycles. The molecule has 1 atom stereocenters. The van der Waals surface area contributed by atoms with Gasteiger partial charge in [-0.05, 0) is 0 Å². The van der Waals surface area contributed by atoms with Crippen molar-refractivity contribution in [3.8, 4) is 0 Å². The van der Waals surface area contributed by atoms with Crippen LogP contribution in [-0.2, 0) is 16.0 Å². The molecule has 0 unspecified atom stereocenters. The Morgan fingerprint density at radius 1 is 1.67 bits per heavy atom. The zero-order valence-electron chi connectivity index (χ0n) is 8.10. The van der Waals surface area contributed by atoms with Crippen LogP contribution in [-0.4, -0.2) is 29.1 Å². The number of nitrogens with one attached hydrogen (secondary N) is 1. The number of anilines is 1. The number of halogens is 2. The Morgan fingerprint density at radius 3 is 2.67 bits per heavy atom. The van der Waals surface area contributed by atoms with Crippen molar-refractivity contribution >= 4 is 36.7 Å². The van der Waals surface area contributed by atoms with Crippen molar-refractivity contribution in [3.05, 3.63) is 11.9 Å². The summed E-state index contributed by atoms with van der Waals surface area (Å²) >= 11 is 0. The maximum absolute atomic E-state index is 10.9.